The van der Waals surface area contributed by atoms with Crippen LogP contribution in [-0.2, 0) is 4.74 Å². The standard InChI is InChI=1S/C11H16N2O2/c1-4-8(3)10-12-7-6-9(13-10)11(14)15-5-2/h6-8H,4-5H2,1-3H3. The molecule has 1 unspecified atom stereocenters. The van der Waals surface area contributed by atoms with Gasteiger partial charge in [-0.2, -0.15) is 0 Å². The number of hydrogen-bond acceptors (Lipinski definition) is 4. The average molecular weight is 208 g/mol. The van der Waals surface area contributed by atoms with E-state index < -0.39 is 0 Å². The van der Waals surface area contributed by atoms with Crippen molar-refractivity contribution >= 4 is 5.97 Å². The summed E-state index contributed by atoms with van der Waals surface area (Å²) >= 11 is 0. The van der Waals surface area contributed by atoms with Crippen LogP contribution >= 0.6 is 0 Å². The molecule has 0 N–H and O–H groups in total. The average Bonchev–Trinajstić information content (AvgIpc) is 2.28. The van der Waals surface area contributed by atoms with Crippen molar-refractivity contribution in [1.29, 1.82) is 0 Å². The molecule has 4 nitrogen and oxygen atoms in total. The van der Waals surface area contributed by atoms with Crippen LogP contribution in [0, 0.1) is 0 Å². The van der Waals surface area contributed by atoms with E-state index in [1.165, 1.54) is 0 Å². The highest BCUT2D eigenvalue weighted by Crippen LogP contribution is 2.13. The van der Waals surface area contributed by atoms with E-state index in [9.17, 15) is 4.79 Å². The molecule has 0 amide bonds. The number of carbonyl (C=O) groups is 1. The molecule has 0 spiro atoms. The first kappa shape index (κ1) is 11.6. The molecule has 0 bridgehead atoms. The molecule has 0 aliphatic heterocycles. The van der Waals surface area contributed by atoms with E-state index in [1.54, 1.807) is 19.2 Å². The maximum absolute atomic E-state index is 11.4. The van der Waals surface area contributed by atoms with Gasteiger partial charge in [0, 0.05) is 12.1 Å². The van der Waals surface area contributed by atoms with Crippen LogP contribution in [0.1, 0.15) is 49.4 Å². The third-order valence-corrected chi connectivity index (χ3v) is 2.21. The van der Waals surface area contributed by atoms with E-state index in [-0.39, 0.29) is 11.9 Å². The number of nitrogens with zero attached hydrogens (tertiary/aromatic N) is 2. The van der Waals surface area contributed by atoms with Crippen LogP contribution in [-0.4, -0.2) is 22.5 Å². The van der Waals surface area contributed by atoms with Gasteiger partial charge in [0.05, 0.1) is 6.61 Å². The largest absolute Gasteiger partial charge is 0.461 e. The van der Waals surface area contributed by atoms with Crippen molar-refractivity contribution in [1.82, 2.24) is 9.97 Å². The fourth-order valence-corrected chi connectivity index (χ4v) is 1.11. The van der Waals surface area contributed by atoms with Gasteiger partial charge in [-0.15, -0.1) is 0 Å². The second kappa shape index (κ2) is 5.44. The SMILES string of the molecule is CCOC(=O)c1ccnc(C(C)CC)n1. The molecule has 0 radical (unpaired) electrons. The van der Waals surface area contributed by atoms with Gasteiger partial charge < -0.3 is 4.74 Å². The Labute approximate surface area is 89.7 Å². The van der Waals surface area contributed by atoms with Crippen LogP contribution in [0.3, 0.4) is 0 Å². The molecular weight excluding hydrogens is 192 g/mol. The van der Waals surface area contributed by atoms with Gasteiger partial charge >= 0.3 is 5.97 Å². The topological polar surface area (TPSA) is 52.1 Å². The molecular formula is C11H16N2O2. The van der Waals surface area contributed by atoms with Gasteiger partial charge in [0.25, 0.3) is 0 Å². The second-order valence-corrected chi connectivity index (χ2v) is 3.33. The fourth-order valence-electron chi connectivity index (χ4n) is 1.11. The second-order valence-electron chi connectivity index (χ2n) is 3.33. The molecule has 1 atom stereocenters. The minimum Gasteiger partial charge on any atom is -0.461 e. The maximum Gasteiger partial charge on any atom is 0.357 e. The van der Waals surface area contributed by atoms with E-state index in [0.717, 1.165) is 6.42 Å². The molecule has 82 valence electrons. The Kier molecular flexibility index (Phi) is 4.21. The molecule has 1 rings (SSSR count). The van der Waals surface area contributed by atoms with Crippen molar-refractivity contribution in [3.8, 4) is 0 Å². The van der Waals surface area contributed by atoms with E-state index in [0.29, 0.717) is 18.1 Å². The summed E-state index contributed by atoms with van der Waals surface area (Å²) in [6.07, 6.45) is 2.55. The molecule has 4 heteroatoms. The third-order valence-electron chi connectivity index (χ3n) is 2.21. The molecule has 0 aliphatic carbocycles. The van der Waals surface area contributed by atoms with Crippen molar-refractivity contribution in [2.45, 2.75) is 33.1 Å². The fraction of sp³-hybridized carbons (Fsp3) is 0.545. The summed E-state index contributed by atoms with van der Waals surface area (Å²) in [5.74, 6) is 0.576. The first-order valence-corrected chi connectivity index (χ1v) is 5.19. The van der Waals surface area contributed by atoms with E-state index in [1.807, 2.05) is 6.92 Å². The number of hydrogen-bond donors (Lipinski definition) is 0. The first-order valence-electron chi connectivity index (χ1n) is 5.19. The van der Waals surface area contributed by atoms with Gasteiger partial charge in [-0.05, 0) is 19.4 Å². The molecule has 0 aliphatic rings. The molecule has 1 aromatic rings. The predicted octanol–water partition coefficient (Wildman–Crippen LogP) is 2.17. The van der Waals surface area contributed by atoms with E-state index in [4.69, 9.17) is 4.74 Å². The van der Waals surface area contributed by atoms with Crippen LogP contribution in [0.25, 0.3) is 0 Å². The number of esters is 1. The van der Waals surface area contributed by atoms with Crippen molar-refractivity contribution in [3.05, 3.63) is 23.8 Å². The Balaban J connectivity index is 2.87. The molecule has 0 fully saturated rings. The summed E-state index contributed by atoms with van der Waals surface area (Å²) in [6.45, 7) is 6.23. The maximum atomic E-state index is 11.4. The molecule has 15 heavy (non-hydrogen) atoms. The number of carbonyl (C=O) groups excluding carboxylic acids is 1. The Morgan fingerprint density at radius 3 is 2.87 bits per heavy atom. The predicted molar refractivity (Wildman–Crippen MR) is 56.7 cm³/mol. The highest BCUT2D eigenvalue weighted by Gasteiger charge is 2.12. The molecule has 0 saturated carbocycles. The van der Waals surface area contributed by atoms with Crippen molar-refractivity contribution in [2.75, 3.05) is 6.61 Å². The lowest BCUT2D eigenvalue weighted by molar-refractivity contribution is 0.0518. The normalized spacial score (nSPS) is 12.2. The quantitative estimate of drug-likeness (QED) is 0.711. The van der Waals surface area contributed by atoms with Crippen LogP contribution in [0.15, 0.2) is 12.3 Å². The van der Waals surface area contributed by atoms with Crippen LogP contribution in [0.4, 0.5) is 0 Å². The zero-order valence-electron chi connectivity index (χ0n) is 9.36. The van der Waals surface area contributed by atoms with Gasteiger partial charge in [0.2, 0.25) is 0 Å². The number of aromatic nitrogens is 2. The van der Waals surface area contributed by atoms with Gasteiger partial charge in [-0.3, -0.25) is 0 Å². The lowest BCUT2D eigenvalue weighted by Gasteiger charge is -2.07. The molecule has 1 heterocycles. The summed E-state index contributed by atoms with van der Waals surface area (Å²) in [5.41, 5.74) is 0.335. The number of rotatable bonds is 4. The van der Waals surface area contributed by atoms with Crippen molar-refractivity contribution in [3.63, 3.8) is 0 Å². The first-order chi connectivity index (χ1) is 7.19. The van der Waals surface area contributed by atoms with E-state index in [2.05, 4.69) is 16.9 Å². The highest BCUT2D eigenvalue weighted by molar-refractivity contribution is 5.87. The number of ether oxygens (including phenoxy) is 1. The summed E-state index contributed by atoms with van der Waals surface area (Å²) in [6, 6.07) is 1.57. The smallest absolute Gasteiger partial charge is 0.357 e. The lowest BCUT2D eigenvalue weighted by atomic mass is 10.1. The Bertz CT molecular complexity index is 339. The zero-order chi connectivity index (χ0) is 11.3. The monoisotopic (exact) mass is 208 g/mol. The Morgan fingerprint density at radius 2 is 2.27 bits per heavy atom. The Morgan fingerprint density at radius 1 is 1.53 bits per heavy atom. The van der Waals surface area contributed by atoms with Crippen LogP contribution in [0.5, 0.6) is 0 Å². The highest BCUT2D eigenvalue weighted by atomic mass is 16.5. The van der Waals surface area contributed by atoms with Crippen molar-refractivity contribution < 1.29 is 9.53 Å². The lowest BCUT2D eigenvalue weighted by Crippen LogP contribution is -2.10. The van der Waals surface area contributed by atoms with Crippen molar-refractivity contribution in [2.24, 2.45) is 0 Å². The molecule has 1 aromatic heterocycles. The zero-order valence-corrected chi connectivity index (χ0v) is 9.36. The van der Waals surface area contributed by atoms with Crippen LogP contribution in [0.2, 0.25) is 0 Å². The third kappa shape index (κ3) is 3.01. The summed E-state index contributed by atoms with van der Waals surface area (Å²) in [7, 11) is 0. The van der Waals surface area contributed by atoms with Crippen LogP contribution < -0.4 is 0 Å². The summed E-state index contributed by atoms with van der Waals surface area (Å²) < 4.78 is 4.87. The van der Waals surface area contributed by atoms with Gasteiger partial charge in [-0.1, -0.05) is 13.8 Å². The summed E-state index contributed by atoms with van der Waals surface area (Å²) in [4.78, 5) is 19.7. The minimum absolute atomic E-state index is 0.263. The summed E-state index contributed by atoms with van der Waals surface area (Å²) in [5, 5.41) is 0. The molecule has 0 aromatic carbocycles. The van der Waals surface area contributed by atoms with Gasteiger partial charge in [0.1, 0.15) is 5.82 Å². The minimum atomic E-state index is -0.385. The van der Waals surface area contributed by atoms with Gasteiger partial charge in [0.15, 0.2) is 5.69 Å². The van der Waals surface area contributed by atoms with Gasteiger partial charge in [-0.25, -0.2) is 14.8 Å². The van der Waals surface area contributed by atoms with E-state index >= 15 is 0 Å². The Hall–Kier alpha value is -1.45. The molecule has 0 saturated heterocycles.